The van der Waals surface area contributed by atoms with Gasteiger partial charge in [0.1, 0.15) is 5.78 Å². The van der Waals surface area contributed by atoms with Crippen LogP contribution in [-0.2, 0) is 4.79 Å². The molecule has 1 heterocycles. The smallest absolute Gasteiger partial charge is 0.139 e. The zero-order chi connectivity index (χ0) is 18.8. The largest absolute Gasteiger partial charge is 0.393 e. The topological polar surface area (TPSA) is 49.3 Å². The third kappa shape index (κ3) is 2.71. The number of fused-ring (bicyclic) bond motifs is 5. The van der Waals surface area contributed by atoms with Gasteiger partial charge in [-0.1, -0.05) is 25.5 Å². The van der Waals surface area contributed by atoms with Crippen molar-refractivity contribution in [3.63, 3.8) is 0 Å². The van der Waals surface area contributed by atoms with Crippen LogP contribution in [0, 0.1) is 40.4 Å². The van der Waals surface area contributed by atoms with Crippen molar-refractivity contribution in [3.05, 3.63) is 11.6 Å². The fourth-order valence-electron chi connectivity index (χ4n) is 7.95. The number of nitrogens with one attached hydrogen (secondary N) is 1. The summed E-state index contributed by atoms with van der Waals surface area (Å²) in [6.45, 7) is 7.08. The molecule has 0 radical (unpaired) electrons. The molecule has 0 spiro atoms. The second kappa shape index (κ2) is 6.42. The lowest BCUT2D eigenvalue weighted by Gasteiger charge is -2.61. The van der Waals surface area contributed by atoms with Crippen molar-refractivity contribution in [3.8, 4) is 0 Å². The molecule has 0 aromatic carbocycles. The van der Waals surface area contributed by atoms with Gasteiger partial charge >= 0.3 is 0 Å². The molecule has 1 unspecified atom stereocenters. The second-order valence-electron chi connectivity index (χ2n) is 11.0. The molecular weight excluding hydrogens is 334 g/mol. The summed E-state index contributed by atoms with van der Waals surface area (Å²) in [7, 11) is 0. The molecule has 5 rings (SSSR count). The Balaban J connectivity index is 1.36. The number of carbonyl (C=O) groups is 1. The van der Waals surface area contributed by atoms with Gasteiger partial charge in [-0.05, 0) is 99.5 Å². The van der Waals surface area contributed by atoms with Gasteiger partial charge in [0.15, 0.2) is 0 Å². The van der Waals surface area contributed by atoms with Crippen LogP contribution < -0.4 is 5.32 Å². The maximum absolute atomic E-state index is 12.6. The van der Waals surface area contributed by atoms with Crippen LogP contribution in [0.2, 0.25) is 0 Å². The third-order valence-corrected chi connectivity index (χ3v) is 9.89. The Labute approximate surface area is 164 Å². The number of Topliss-reactive ketones (excluding diaryl/α,β-unsaturated/α-hetero) is 1. The SMILES string of the molecule is C[C@]12CC/C(=C/CC3CNC3)CC1[C@@H](O)C[C@@H]1[C@@H]2CC[C@]2(C)C(=O)CC[C@@H]12. The molecule has 0 amide bonds. The molecule has 0 bridgehead atoms. The molecule has 5 aliphatic rings. The van der Waals surface area contributed by atoms with Gasteiger partial charge in [0.2, 0.25) is 0 Å². The Morgan fingerprint density at radius 3 is 2.67 bits per heavy atom. The first-order valence-corrected chi connectivity index (χ1v) is 11.5. The number of rotatable bonds is 2. The summed E-state index contributed by atoms with van der Waals surface area (Å²) in [6.07, 6.45) is 12.2. The Hall–Kier alpha value is -0.670. The molecule has 3 heteroatoms. The van der Waals surface area contributed by atoms with E-state index in [1.165, 1.54) is 38.8 Å². The lowest BCUT2D eigenvalue weighted by molar-refractivity contribution is -0.155. The quantitative estimate of drug-likeness (QED) is 0.718. The average Bonchev–Trinajstić information content (AvgIpc) is 2.90. The predicted molar refractivity (Wildman–Crippen MR) is 107 cm³/mol. The molecule has 2 N–H and O–H groups in total. The van der Waals surface area contributed by atoms with Crippen LogP contribution in [0.4, 0.5) is 0 Å². The highest BCUT2D eigenvalue weighted by atomic mass is 16.3. The zero-order valence-corrected chi connectivity index (χ0v) is 17.2. The number of aliphatic hydroxyl groups is 1. The maximum Gasteiger partial charge on any atom is 0.139 e. The Morgan fingerprint density at radius 1 is 1.11 bits per heavy atom. The third-order valence-electron chi connectivity index (χ3n) is 9.89. The minimum Gasteiger partial charge on any atom is -0.393 e. The van der Waals surface area contributed by atoms with Gasteiger partial charge in [-0.2, -0.15) is 0 Å². The van der Waals surface area contributed by atoms with Crippen LogP contribution in [0.1, 0.15) is 71.6 Å². The number of allylic oxidation sites excluding steroid dienone is 2. The highest BCUT2D eigenvalue weighted by Gasteiger charge is 2.61. The van der Waals surface area contributed by atoms with Crippen LogP contribution in [0.15, 0.2) is 11.6 Å². The molecule has 0 aromatic rings. The van der Waals surface area contributed by atoms with Crippen molar-refractivity contribution in [2.45, 2.75) is 77.7 Å². The summed E-state index contributed by atoms with van der Waals surface area (Å²) in [5.74, 6) is 3.58. The molecule has 0 aromatic heterocycles. The predicted octanol–water partition coefficient (Wildman–Crippen LogP) is 4.10. The van der Waals surface area contributed by atoms with Crippen molar-refractivity contribution in [2.75, 3.05) is 13.1 Å². The molecular formula is C24H37NO2. The average molecular weight is 372 g/mol. The molecule has 150 valence electrons. The summed E-state index contributed by atoms with van der Waals surface area (Å²) < 4.78 is 0. The van der Waals surface area contributed by atoms with Gasteiger partial charge in [-0.3, -0.25) is 4.79 Å². The van der Waals surface area contributed by atoms with E-state index < -0.39 is 0 Å². The first-order chi connectivity index (χ1) is 12.9. The van der Waals surface area contributed by atoms with E-state index in [-0.39, 0.29) is 16.9 Å². The first kappa shape index (κ1) is 18.4. The number of aliphatic hydroxyl groups excluding tert-OH is 1. The van der Waals surface area contributed by atoms with E-state index in [0.29, 0.717) is 29.5 Å². The minimum atomic E-state index is -0.177. The van der Waals surface area contributed by atoms with E-state index >= 15 is 0 Å². The number of ketones is 1. The summed E-state index contributed by atoms with van der Waals surface area (Å²) in [5.41, 5.74) is 1.80. The van der Waals surface area contributed by atoms with Crippen LogP contribution in [0.25, 0.3) is 0 Å². The highest BCUT2D eigenvalue weighted by molar-refractivity contribution is 5.87. The lowest BCUT2D eigenvalue weighted by atomic mass is 9.44. The Bertz CT molecular complexity index is 653. The summed E-state index contributed by atoms with van der Waals surface area (Å²) >= 11 is 0. The number of hydrogen-bond donors (Lipinski definition) is 2. The van der Waals surface area contributed by atoms with Crippen LogP contribution >= 0.6 is 0 Å². The molecule has 4 saturated carbocycles. The van der Waals surface area contributed by atoms with E-state index in [1.807, 2.05) is 0 Å². The Morgan fingerprint density at radius 2 is 1.93 bits per heavy atom. The summed E-state index contributed by atoms with van der Waals surface area (Å²) in [4.78, 5) is 12.6. The highest BCUT2D eigenvalue weighted by Crippen LogP contribution is 2.65. The molecule has 4 aliphatic carbocycles. The molecule has 5 fully saturated rings. The van der Waals surface area contributed by atoms with Crippen LogP contribution in [0.5, 0.6) is 0 Å². The fraction of sp³-hybridized carbons (Fsp3) is 0.875. The van der Waals surface area contributed by atoms with Gasteiger partial charge < -0.3 is 10.4 Å². The number of hydrogen-bond acceptors (Lipinski definition) is 3. The Kier molecular flexibility index (Phi) is 4.37. The minimum absolute atomic E-state index is 0.0827. The van der Waals surface area contributed by atoms with Gasteiger partial charge in [-0.15, -0.1) is 0 Å². The first-order valence-electron chi connectivity index (χ1n) is 11.5. The summed E-state index contributed by atoms with van der Waals surface area (Å²) in [5, 5.41) is 14.6. The zero-order valence-electron chi connectivity index (χ0n) is 17.2. The molecule has 1 saturated heterocycles. The molecule has 1 aliphatic heterocycles. The molecule has 3 nitrogen and oxygen atoms in total. The van der Waals surface area contributed by atoms with Crippen molar-refractivity contribution in [2.24, 2.45) is 40.4 Å². The van der Waals surface area contributed by atoms with E-state index in [0.717, 1.165) is 38.0 Å². The van der Waals surface area contributed by atoms with E-state index in [2.05, 4.69) is 25.2 Å². The van der Waals surface area contributed by atoms with Crippen LogP contribution in [0.3, 0.4) is 0 Å². The lowest BCUT2D eigenvalue weighted by Crippen LogP contribution is -2.57. The molecule has 27 heavy (non-hydrogen) atoms. The van der Waals surface area contributed by atoms with E-state index in [1.54, 1.807) is 5.57 Å². The standard InChI is InChI=1S/C24H37NO2/c1-23-9-7-15(3-4-16-13-25-14-16)11-20(23)21(26)12-17-18-5-6-22(27)24(18,2)10-8-19(17)23/h3,16-21,25-26H,4-14H2,1-2H3/b15-3-/t17-,18-,19-,20?,21-,23+,24-/m0/s1. The summed E-state index contributed by atoms with van der Waals surface area (Å²) in [6, 6.07) is 0. The van der Waals surface area contributed by atoms with Gasteiger partial charge in [-0.25, -0.2) is 0 Å². The van der Waals surface area contributed by atoms with Crippen molar-refractivity contribution < 1.29 is 9.90 Å². The second-order valence-corrected chi connectivity index (χ2v) is 11.0. The molecule has 7 atom stereocenters. The maximum atomic E-state index is 12.6. The van der Waals surface area contributed by atoms with Gasteiger partial charge in [0, 0.05) is 11.8 Å². The van der Waals surface area contributed by atoms with Gasteiger partial charge in [0.05, 0.1) is 6.10 Å². The van der Waals surface area contributed by atoms with E-state index in [9.17, 15) is 9.90 Å². The van der Waals surface area contributed by atoms with Crippen molar-refractivity contribution in [1.82, 2.24) is 5.32 Å². The van der Waals surface area contributed by atoms with Crippen molar-refractivity contribution in [1.29, 1.82) is 0 Å². The van der Waals surface area contributed by atoms with E-state index in [4.69, 9.17) is 0 Å². The fourth-order valence-corrected chi connectivity index (χ4v) is 7.95. The normalized spacial score (nSPS) is 51.4. The number of carbonyl (C=O) groups excluding carboxylic acids is 1. The van der Waals surface area contributed by atoms with Gasteiger partial charge in [0.25, 0.3) is 0 Å². The van der Waals surface area contributed by atoms with Crippen molar-refractivity contribution >= 4 is 5.78 Å². The van der Waals surface area contributed by atoms with Crippen LogP contribution in [-0.4, -0.2) is 30.1 Å². The monoisotopic (exact) mass is 371 g/mol.